The van der Waals surface area contributed by atoms with Crippen molar-refractivity contribution in [2.75, 3.05) is 20.8 Å². The summed E-state index contributed by atoms with van der Waals surface area (Å²) in [6.45, 7) is 0.433. The van der Waals surface area contributed by atoms with Crippen molar-refractivity contribution in [1.82, 2.24) is 15.6 Å². The highest BCUT2D eigenvalue weighted by molar-refractivity contribution is 5.98. The highest BCUT2D eigenvalue weighted by atomic mass is 16.7. The number of rotatable bonds is 9. The van der Waals surface area contributed by atoms with Crippen molar-refractivity contribution >= 4 is 17.7 Å². The molecule has 0 saturated carbocycles. The minimum absolute atomic E-state index is 0.298. The van der Waals surface area contributed by atoms with E-state index in [-0.39, 0.29) is 11.8 Å². The molecule has 0 radical (unpaired) electrons. The van der Waals surface area contributed by atoms with Gasteiger partial charge in [-0.1, -0.05) is 42.5 Å². The van der Waals surface area contributed by atoms with E-state index in [1.54, 1.807) is 24.3 Å². The van der Waals surface area contributed by atoms with Gasteiger partial charge in [0.1, 0.15) is 12.1 Å². The number of benzene rings is 2. The maximum Gasteiger partial charge on any atom is 0.256 e. The second-order valence-electron chi connectivity index (χ2n) is 7.84. The number of methoxy groups -OCH3 is 2. The maximum atomic E-state index is 13.4. The standard InChI is InChI=1S/C24H30N4O5/c1-32-24(33-2)18-12-10-17(11-13-18)21(29)26-19(15-16-7-4-3-5-8-16)23(31)28-14-6-9-20(28)22(30)27-25/h3-5,7-8,10-13,19-20,24H,6,9,14-15,25H2,1-2H3,(H,26,29)(H,27,30)/t19-,20-/m0/s1. The lowest BCUT2D eigenvalue weighted by Gasteiger charge is -2.28. The Morgan fingerprint density at radius 1 is 1.06 bits per heavy atom. The Bertz CT molecular complexity index is 947. The van der Waals surface area contributed by atoms with Gasteiger partial charge in [0.15, 0.2) is 6.29 Å². The third-order valence-electron chi connectivity index (χ3n) is 5.74. The van der Waals surface area contributed by atoms with E-state index < -0.39 is 24.3 Å². The molecule has 3 rings (SSSR count). The van der Waals surface area contributed by atoms with E-state index in [0.29, 0.717) is 31.4 Å². The van der Waals surface area contributed by atoms with E-state index in [9.17, 15) is 14.4 Å². The van der Waals surface area contributed by atoms with Gasteiger partial charge in [0.2, 0.25) is 5.91 Å². The molecule has 4 N–H and O–H groups in total. The van der Waals surface area contributed by atoms with Gasteiger partial charge in [-0.2, -0.15) is 0 Å². The van der Waals surface area contributed by atoms with Gasteiger partial charge in [0, 0.05) is 38.3 Å². The van der Waals surface area contributed by atoms with Crippen molar-refractivity contribution in [2.45, 2.75) is 37.6 Å². The molecule has 1 aliphatic rings. The highest BCUT2D eigenvalue weighted by Crippen LogP contribution is 2.21. The normalized spacial score (nSPS) is 16.5. The molecule has 3 amide bonds. The van der Waals surface area contributed by atoms with Crippen LogP contribution in [0.15, 0.2) is 54.6 Å². The zero-order valence-electron chi connectivity index (χ0n) is 18.8. The molecule has 0 aliphatic carbocycles. The van der Waals surface area contributed by atoms with Crippen LogP contribution in [0.2, 0.25) is 0 Å². The van der Waals surface area contributed by atoms with Crippen molar-refractivity contribution in [3.8, 4) is 0 Å². The SMILES string of the molecule is COC(OC)c1ccc(C(=O)N[C@@H](Cc2ccccc2)C(=O)N2CCC[C@H]2C(=O)NN)cc1. The summed E-state index contributed by atoms with van der Waals surface area (Å²) in [5.41, 5.74) is 4.19. The first-order valence-electron chi connectivity index (χ1n) is 10.8. The topological polar surface area (TPSA) is 123 Å². The van der Waals surface area contributed by atoms with Crippen LogP contribution in [-0.4, -0.2) is 55.5 Å². The summed E-state index contributed by atoms with van der Waals surface area (Å²) in [6.07, 6.45) is 0.988. The van der Waals surface area contributed by atoms with Crippen LogP contribution in [0.3, 0.4) is 0 Å². The van der Waals surface area contributed by atoms with E-state index in [1.807, 2.05) is 30.3 Å². The quantitative estimate of drug-likeness (QED) is 0.227. The van der Waals surface area contributed by atoms with Gasteiger partial charge in [-0.15, -0.1) is 0 Å². The summed E-state index contributed by atoms with van der Waals surface area (Å²) in [5, 5.41) is 2.86. The largest absolute Gasteiger partial charge is 0.352 e. The molecule has 9 nitrogen and oxygen atoms in total. The number of nitrogens with zero attached hydrogens (tertiary/aromatic N) is 1. The minimum Gasteiger partial charge on any atom is -0.352 e. The third-order valence-corrected chi connectivity index (χ3v) is 5.74. The van der Waals surface area contributed by atoms with Gasteiger partial charge < -0.3 is 19.7 Å². The van der Waals surface area contributed by atoms with Gasteiger partial charge in [-0.05, 0) is 30.5 Å². The van der Waals surface area contributed by atoms with Crippen LogP contribution in [0.25, 0.3) is 0 Å². The van der Waals surface area contributed by atoms with Gasteiger partial charge in [-0.25, -0.2) is 5.84 Å². The molecule has 9 heteroatoms. The highest BCUT2D eigenvalue weighted by Gasteiger charge is 2.37. The predicted molar refractivity (Wildman–Crippen MR) is 122 cm³/mol. The fourth-order valence-electron chi connectivity index (χ4n) is 4.05. The third kappa shape index (κ3) is 5.95. The van der Waals surface area contributed by atoms with Crippen molar-refractivity contribution in [3.05, 3.63) is 71.3 Å². The Morgan fingerprint density at radius 3 is 2.33 bits per heavy atom. The van der Waals surface area contributed by atoms with E-state index in [1.165, 1.54) is 19.1 Å². The Kier molecular flexibility index (Phi) is 8.53. The van der Waals surface area contributed by atoms with E-state index in [0.717, 1.165) is 11.1 Å². The summed E-state index contributed by atoms with van der Waals surface area (Å²) < 4.78 is 10.5. The number of nitrogens with one attached hydrogen (secondary N) is 2. The summed E-state index contributed by atoms with van der Waals surface area (Å²) >= 11 is 0. The first-order valence-corrected chi connectivity index (χ1v) is 10.8. The molecular weight excluding hydrogens is 424 g/mol. The molecule has 33 heavy (non-hydrogen) atoms. The molecule has 2 aromatic carbocycles. The van der Waals surface area contributed by atoms with Gasteiger partial charge in [0.05, 0.1) is 0 Å². The molecule has 176 valence electrons. The molecule has 0 aromatic heterocycles. The van der Waals surface area contributed by atoms with Crippen LogP contribution in [0, 0.1) is 0 Å². The number of amides is 3. The second-order valence-corrected chi connectivity index (χ2v) is 7.84. The lowest BCUT2D eigenvalue weighted by Crippen LogP contribution is -2.55. The molecular formula is C24H30N4O5. The molecule has 1 saturated heterocycles. The predicted octanol–water partition coefficient (Wildman–Crippen LogP) is 1.30. The lowest BCUT2D eigenvalue weighted by molar-refractivity contribution is -0.139. The van der Waals surface area contributed by atoms with Gasteiger partial charge >= 0.3 is 0 Å². The van der Waals surface area contributed by atoms with Crippen molar-refractivity contribution in [1.29, 1.82) is 0 Å². The Morgan fingerprint density at radius 2 is 1.73 bits per heavy atom. The molecule has 0 unspecified atom stereocenters. The first-order chi connectivity index (χ1) is 16.0. The van der Waals surface area contributed by atoms with Crippen LogP contribution in [0.5, 0.6) is 0 Å². The average Bonchev–Trinajstić information content (AvgIpc) is 3.34. The number of nitrogens with two attached hydrogens (primary N) is 1. The van der Waals surface area contributed by atoms with Crippen molar-refractivity contribution < 1.29 is 23.9 Å². The molecule has 2 atom stereocenters. The average molecular weight is 455 g/mol. The Hall–Kier alpha value is -3.27. The summed E-state index contributed by atoms with van der Waals surface area (Å²) in [7, 11) is 3.07. The monoisotopic (exact) mass is 454 g/mol. The minimum atomic E-state index is -0.837. The summed E-state index contributed by atoms with van der Waals surface area (Å²) in [4.78, 5) is 40.1. The fraction of sp³-hybridized carbons (Fsp3) is 0.375. The molecule has 1 aliphatic heterocycles. The van der Waals surface area contributed by atoms with Crippen LogP contribution < -0.4 is 16.6 Å². The van der Waals surface area contributed by atoms with Crippen molar-refractivity contribution in [3.63, 3.8) is 0 Å². The number of carbonyl (C=O) groups is 3. The van der Waals surface area contributed by atoms with Crippen LogP contribution in [0.1, 0.15) is 40.6 Å². The molecule has 2 aromatic rings. The zero-order valence-corrected chi connectivity index (χ0v) is 18.8. The van der Waals surface area contributed by atoms with E-state index in [2.05, 4.69) is 10.7 Å². The summed E-state index contributed by atoms with van der Waals surface area (Å²) in [6, 6.07) is 14.7. The Balaban J connectivity index is 1.80. The zero-order chi connectivity index (χ0) is 23.8. The van der Waals surface area contributed by atoms with E-state index >= 15 is 0 Å². The molecule has 0 bridgehead atoms. The number of likely N-dealkylation sites (tertiary alicyclic amines) is 1. The lowest BCUT2D eigenvalue weighted by atomic mass is 10.0. The first kappa shape index (κ1) is 24.4. The van der Waals surface area contributed by atoms with E-state index in [4.69, 9.17) is 15.3 Å². The van der Waals surface area contributed by atoms with Crippen LogP contribution in [0.4, 0.5) is 0 Å². The molecule has 1 fully saturated rings. The number of hydrazine groups is 1. The fourth-order valence-corrected chi connectivity index (χ4v) is 4.05. The van der Waals surface area contributed by atoms with Gasteiger partial charge in [0.25, 0.3) is 11.8 Å². The molecule has 1 heterocycles. The summed E-state index contributed by atoms with van der Waals surface area (Å²) in [5.74, 6) is 4.19. The maximum absolute atomic E-state index is 13.4. The van der Waals surface area contributed by atoms with Crippen LogP contribution >= 0.6 is 0 Å². The number of ether oxygens (including phenoxy) is 2. The molecule has 0 spiro atoms. The smallest absolute Gasteiger partial charge is 0.256 e. The number of carbonyl (C=O) groups excluding carboxylic acids is 3. The number of hydrogen-bond acceptors (Lipinski definition) is 6. The van der Waals surface area contributed by atoms with Gasteiger partial charge in [-0.3, -0.25) is 19.8 Å². The van der Waals surface area contributed by atoms with Crippen LogP contribution in [-0.2, 0) is 25.5 Å². The number of hydrogen-bond donors (Lipinski definition) is 3. The Labute approximate surface area is 193 Å². The second kappa shape index (κ2) is 11.6. The van der Waals surface area contributed by atoms with Crippen molar-refractivity contribution in [2.24, 2.45) is 5.84 Å².